The summed E-state index contributed by atoms with van der Waals surface area (Å²) in [5.41, 5.74) is 6.21. The molecule has 1 atom stereocenters. The number of carbonyl (C=O) groups is 1. The molecule has 1 aromatic heterocycles. The van der Waals surface area contributed by atoms with E-state index >= 15 is 0 Å². The fourth-order valence-corrected chi connectivity index (χ4v) is 6.95. The maximum absolute atomic E-state index is 13.3. The number of allylic oxidation sites excluding steroid dienone is 1. The van der Waals surface area contributed by atoms with Gasteiger partial charge in [0.1, 0.15) is 5.82 Å². The van der Waals surface area contributed by atoms with Crippen LogP contribution in [0.25, 0.3) is 17.2 Å². The molecule has 1 aliphatic heterocycles. The van der Waals surface area contributed by atoms with Gasteiger partial charge >= 0.3 is 10.2 Å². The van der Waals surface area contributed by atoms with Gasteiger partial charge in [0.05, 0.1) is 0 Å². The van der Waals surface area contributed by atoms with Crippen molar-refractivity contribution in [2.75, 3.05) is 45.8 Å². The summed E-state index contributed by atoms with van der Waals surface area (Å²) in [6.45, 7) is 16.7. The van der Waals surface area contributed by atoms with Crippen LogP contribution in [0.5, 0.6) is 0 Å². The second kappa shape index (κ2) is 20.4. The number of hydrogen-bond acceptors (Lipinski definition) is 7. The number of likely N-dealkylation sites (N-methyl/N-ethyl adjacent to an activating group) is 1. The van der Waals surface area contributed by atoms with E-state index in [1.807, 2.05) is 63.8 Å². The molecule has 3 aromatic rings. The van der Waals surface area contributed by atoms with Gasteiger partial charge in [0.25, 0.3) is 5.91 Å². The third-order valence-electron chi connectivity index (χ3n) is 9.62. The normalized spacial score (nSPS) is 14.5. The van der Waals surface area contributed by atoms with E-state index in [0.717, 1.165) is 108 Å². The van der Waals surface area contributed by atoms with Crippen molar-refractivity contribution in [2.45, 2.75) is 86.0 Å². The first kappa shape index (κ1) is 42.6. The highest BCUT2D eigenvalue weighted by atomic mass is 32.2. The summed E-state index contributed by atoms with van der Waals surface area (Å²) < 4.78 is 35.7. The van der Waals surface area contributed by atoms with Crippen molar-refractivity contribution in [1.29, 1.82) is 0 Å². The van der Waals surface area contributed by atoms with Crippen LogP contribution >= 0.6 is 0 Å². The Hall–Kier alpha value is -3.80. The number of aryl methyl sites for hydroxylation is 1. The smallest absolute Gasteiger partial charge is 0.303 e. The van der Waals surface area contributed by atoms with Crippen LogP contribution in [0, 0.1) is 11.8 Å². The Labute approximate surface area is 313 Å². The third kappa shape index (κ3) is 11.9. The van der Waals surface area contributed by atoms with E-state index in [9.17, 15) is 13.2 Å². The quantitative estimate of drug-likeness (QED) is 0.151. The fraction of sp³-hybridized carbons (Fsp3) is 0.537. The summed E-state index contributed by atoms with van der Waals surface area (Å²) in [7, 11) is 2.78. The number of benzene rings is 2. The molecule has 1 N–H and O–H groups in total. The number of carbonyl (C=O) groups excluding carboxylic acids is 1. The molecule has 52 heavy (non-hydrogen) atoms. The average Bonchev–Trinajstić information content (AvgIpc) is 3.50. The number of aromatic nitrogens is 3. The predicted octanol–water partition coefficient (Wildman–Crippen LogP) is 7.82. The van der Waals surface area contributed by atoms with Crippen molar-refractivity contribution >= 4 is 39.0 Å². The Bertz CT molecular complexity index is 1760. The van der Waals surface area contributed by atoms with Gasteiger partial charge in [0.15, 0.2) is 5.82 Å². The van der Waals surface area contributed by atoms with E-state index in [1.165, 1.54) is 14.1 Å². The van der Waals surface area contributed by atoms with E-state index in [4.69, 9.17) is 14.8 Å². The monoisotopic (exact) mass is 734 g/mol. The highest BCUT2D eigenvalue weighted by Gasteiger charge is 2.23. The number of anilines is 1. The lowest BCUT2D eigenvalue weighted by Crippen LogP contribution is -2.39. The first-order valence-electron chi connectivity index (χ1n) is 18.8. The Kier molecular flexibility index (Phi) is 16.8. The van der Waals surface area contributed by atoms with Gasteiger partial charge in [-0.15, -0.1) is 0 Å². The second-order valence-electron chi connectivity index (χ2n) is 13.8. The molecule has 2 aromatic carbocycles. The summed E-state index contributed by atoms with van der Waals surface area (Å²) in [5.74, 6) is 1.91. The summed E-state index contributed by atoms with van der Waals surface area (Å²) in [4.78, 5) is 20.5. The van der Waals surface area contributed by atoms with Gasteiger partial charge in [-0.3, -0.25) is 9.48 Å². The molecule has 10 nitrogen and oxygen atoms in total. The van der Waals surface area contributed by atoms with Crippen LogP contribution in [0.15, 0.2) is 49.0 Å². The molecule has 2 heterocycles. The van der Waals surface area contributed by atoms with Gasteiger partial charge in [0.2, 0.25) is 0 Å². The van der Waals surface area contributed by atoms with Crippen LogP contribution in [-0.4, -0.2) is 74.3 Å². The first-order valence-corrected chi connectivity index (χ1v) is 20.3. The minimum atomic E-state index is -3.96. The molecule has 0 bridgehead atoms. The minimum absolute atomic E-state index is 0.274. The van der Waals surface area contributed by atoms with Gasteiger partial charge in [-0.2, -0.15) is 17.8 Å². The Balaban J connectivity index is 0.00000358. The van der Waals surface area contributed by atoms with E-state index in [-0.39, 0.29) is 5.56 Å². The molecule has 0 saturated carbocycles. The fourth-order valence-electron chi connectivity index (χ4n) is 6.41. The second-order valence-corrected chi connectivity index (χ2v) is 15.7. The Morgan fingerprint density at radius 3 is 2.44 bits per heavy atom. The molecule has 11 heteroatoms. The Morgan fingerprint density at radius 2 is 1.81 bits per heavy atom. The zero-order valence-corrected chi connectivity index (χ0v) is 33.9. The highest BCUT2D eigenvalue weighted by molar-refractivity contribution is 7.87. The van der Waals surface area contributed by atoms with Crippen LogP contribution in [0.4, 0.5) is 5.69 Å². The van der Waals surface area contributed by atoms with Crippen molar-refractivity contribution in [2.24, 2.45) is 18.9 Å². The largest absolute Gasteiger partial charge is 0.381 e. The molecular weight excluding hydrogens is 673 g/mol. The van der Waals surface area contributed by atoms with Crippen molar-refractivity contribution in [3.63, 3.8) is 0 Å². The summed E-state index contributed by atoms with van der Waals surface area (Å²) in [5, 5.41) is 4.94. The van der Waals surface area contributed by atoms with Crippen molar-refractivity contribution in [3.8, 4) is 0 Å². The van der Waals surface area contributed by atoms with Crippen LogP contribution in [0.1, 0.15) is 112 Å². The SMILES string of the molecule is C=C(C)c1ccccc1/C=C(\CN(C)c1cc(C(=O)NS(=O)(=O)N(C)C)ccc1CC(CC)CCCC)c1nc(CC2CCOCC2)n(C)n1.CC. The first-order chi connectivity index (χ1) is 24.8. The standard InChI is InChI=1S/C39H56N6O4S.C2H6/c1-9-11-14-29(10-2)23-32-17-18-33(39(46)42-50(47,48)43(5)6)26-36(32)44(7)27-34(25-31-15-12-13-16-35(31)28(3)4)38-40-37(45(8)41-38)24-30-19-21-49-22-20-30;1-2/h12-13,15-18,25-26,29-30H,3,9-11,14,19-24,27H2,1-2,4-8H3,(H,42,46);1-2H3/b34-25+;. The van der Waals surface area contributed by atoms with Crippen LogP contribution in [-0.2, 0) is 34.8 Å². The van der Waals surface area contributed by atoms with E-state index < -0.39 is 16.1 Å². The molecule has 0 aliphatic carbocycles. The lowest BCUT2D eigenvalue weighted by Gasteiger charge is -2.26. The van der Waals surface area contributed by atoms with Crippen LogP contribution < -0.4 is 9.62 Å². The minimum Gasteiger partial charge on any atom is -0.381 e. The zero-order chi connectivity index (χ0) is 38.4. The lowest BCUT2D eigenvalue weighted by molar-refractivity contribution is 0.0657. The topological polar surface area (TPSA) is 110 Å². The molecule has 0 spiro atoms. The van der Waals surface area contributed by atoms with Gasteiger partial charge < -0.3 is 9.64 Å². The molecule has 286 valence electrons. The van der Waals surface area contributed by atoms with Gasteiger partial charge in [-0.25, -0.2) is 9.71 Å². The van der Waals surface area contributed by atoms with Crippen LogP contribution in [0.2, 0.25) is 0 Å². The maximum Gasteiger partial charge on any atom is 0.303 e. The molecule has 1 fully saturated rings. The maximum atomic E-state index is 13.3. The number of nitrogens with zero attached hydrogens (tertiary/aromatic N) is 5. The molecule has 1 saturated heterocycles. The number of ether oxygens (including phenoxy) is 1. The van der Waals surface area contributed by atoms with E-state index in [2.05, 4.69) is 48.3 Å². The van der Waals surface area contributed by atoms with Gasteiger partial charge in [0, 0.05) is 71.2 Å². The number of rotatable bonds is 17. The summed E-state index contributed by atoms with van der Waals surface area (Å²) >= 11 is 0. The molecule has 4 rings (SSSR count). The third-order valence-corrected chi connectivity index (χ3v) is 11.0. The van der Waals surface area contributed by atoms with E-state index in [1.54, 1.807) is 6.07 Å². The van der Waals surface area contributed by atoms with E-state index in [0.29, 0.717) is 24.2 Å². The average molecular weight is 735 g/mol. The molecule has 1 amide bonds. The molecular formula is C41H62N6O4S. The predicted molar refractivity (Wildman–Crippen MR) is 215 cm³/mol. The number of amides is 1. The zero-order valence-electron chi connectivity index (χ0n) is 33.0. The number of unbranched alkanes of at least 4 members (excludes halogenated alkanes) is 1. The summed E-state index contributed by atoms with van der Waals surface area (Å²) in [6.07, 6.45) is 10.3. The molecule has 1 aliphatic rings. The highest BCUT2D eigenvalue weighted by Crippen LogP contribution is 2.31. The Morgan fingerprint density at radius 1 is 1.12 bits per heavy atom. The number of hydrogen-bond donors (Lipinski definition) is 1. The lowest BCUT2D eigenvalue weighted by atomic mass is 9.90. The van der Waals surface area contributed by atoms with Gasteiger partial charge in [-0.05, 0) is 72.9 Å². The number of nitrogens with one attached hydrogen (secondary N) is 1. The van der Waals surface area contributed by atoms with Crippen molar-refractivity contribution in [3.05, 3.63) is 82.9 Å². The summed E-state index contributed by atoms with van der Waals surface area (Å²) in [6, 6.07) is 13.7. The van der Waals surface area contributed by atoms with Crippen molar-refractivity contribution in [1.82, 2.24) is 23.8 Å². The van der Waals surface area contributed by atoms with Gasteiger partial charge in [-0.1, -0.05) is 95.9 Å². The molecule has 1 unspecified atom stereocenters. The molecule has 0 radical (unpaired) electrons. The van der Waals surface area contributed by atoms with Crippen molar-refractivity contribution < 1.29 is 17.9 Å². The van der Waals surface area contributed by atoms with Crippen LogP contribution in [0.3, 0.4) is 0 Å².